The molecule has 43 valence electrons. The molecule has 1 atom stereocenters. The molecule has 0 saturated carbocycles. The van der Waals surface area contributed by atoms with E-state index in [0.29, 0.717) is 0 Å². The van der Waals surface area contributed by atoms with Crippen LogP contribution in [0.4, 0.5) is 0 Å². The van der Waals surface area contributed by atoms with Crippen molar-refractivity contribution in [1.82, 2.24) is 0 Å². The van der Waals surface area contributed by atoms with Gasteiger partial charge in [0, 0.05) is 0 Å². The van der Waals surface area contributed by atoms with Crippen molar-refractivity contribution in [3.8, 4) is 6.07 Å². The Kier molecular flexibility index (Phi) is 2.63. The van der Waals surface area contributed by atoms with E-state index in [1.54, 1.807) is 13.0 Å². The Hall–Kier alpha value is -1.04. The largest absolute Gasteiger partial charge is 0.480 e. The Morgan fingerprint density at radius 2 is 2.50 bits per heavy atom. The third kappa shape index (κ3) is 1.61. The van der Waals surface area contributed by atoms with Crippen molar-refractivity contribution in [1.29, 1.82) is 5.26 Å². The summed E-state index contributed by atoms with van der Waals surface area (Å²) in [6, 6.07) is 1.60. The lowest BCUT2D eigenvalue weighted by atomic mass is 10.1. The topological polar surface area (TPSA) is 61.1 Å². The van der Waals surface area contributed by atoms with Crippen molar-refractivity contribution in [2.45, 2.75) is 6.92 Å². The number of hydrogen-bond donors (Lipinski definition) is 1. The lowest BCUT2D eigenvalue weighted by molar-refractivity contribution is -0.138. The number of rotatable bonds is 2. The fraction of sp³-hybridized carbons (Fsp3) is 0.400. The molecule has 3 nitrogen and oxygen atoms in total. The molecule has 0 aliphatic heterocycles. The maximum absolute atomic E-state index is 9.91. The molecule has 0 aliphatic rings. The maximum atomic E-state index is 9.91. The fourth-order valence-electron chi connectivity index (χ4n) is 0.272. The summed E-state index contributed by atoms with van der Waals surface area (Å²) in [5, 5.41) is 16.2. The molecule has 0 aromatic carbocycles. The Labute approximate surface area is 47.5 Å². The number of carboxylic acid groups (broad SMARTS) is 1. The van der Waals surface area contributed by atoms with Gasteiger partial charge in [0.25, 0.3) is 0 Å². The summed E-state index contributed by atoms with van der Waals surface area (Å²) in [7, 11) is 0. The number of aliphatic carboxylic acids is 1. The second-order valence-electron chi connectivity index (χ2n) is 1.28. The average Bonchev–Trinajstić information content (AvgIpc) is 1.69. The molecule has 1 radical (unpaired) electrons. The van der Waals surface area contributed by atoms with Crippen LogP contribution in [0.2, 0.25) is 0 Å². The monoisotopic (exact) mass is 112 g/mol. The summed E-state index contributed by atoms with van der Waals surface area (Å²) in [5.41, 5.74) is 0. The highest BCUT2D eigenvalue weighted by molar-refractivity contribution is 5.74. The van der Waals surface area contributed by atoms with Crippen molar-refractivity contribution >= 4 is 5.97 Å². The molecule has 0 rings (SSSR count). The van der Waals surface area contributed by atoms with Gasteiger partial charge in [-0.25, -0.2) is 0 Å². The Morgan fingerprint density at radius 1 is 2.00 bits per heavy atom. The normalized spacial score (nSPS) is 12.0. The predicted molar refractivity (Wildman–Crippen MR) is 26.7 cm³/mol. The van der Waals surface area contributed by atoms with Crippen LogP contribution in [0, 0.1) is 23.7 Å². The SMILES string of the molecule is C[CH]C(C#N)C(=O)O. The van der Waals surface area contributed by atoms with Crippen molar-refractivity contribution in [3.63, 3.8) is 0 Å². The highest BCUT2D eigenvalue weighted by Gasteiger charge is 2.12. The third-order valence-corrected chi connectivity index (χ3v) is 0.738. The van der Waals surface area contributed by atoms with Gasteiger partial charge >= 0.3 is 5.97 Å². The zero-order valence-corrected chi connectivity index (χ0v) is 4.46. The minimum Gasteiger partial charge on any atom is -0.480 e. The first-order valence-electron chi connectivity index (χ1n) is 2.14. The van der Waals surface area contributed by atoms with E-state index in [9.17, 15) is 4.79 Å². The standard InChI is InChI=1S/C5H6NO2/c1-2-4(3-6)5(7)8/h2,4H,1H3,(H,7,8). The van der Waals surface area contributed by atoms with Crippen molar-refractivity contribution < 1.29 is 9.90 Å². The smallest absolute Gasteiger partial charge is 0.321 e. The second kappa shape index (κ2) is 3.03. The van der Waals surface area contributed by atoms with Gasteiger partial charge in [-0.15, -0.1) is 0 Å². The molecule has 0 spiro atoms. The summed E-state index contributed by atoms with van der Waals surface area (Å²) in [6.07, 6.45) is 1.34. The molecule has 0 aromatic heterocycles. The van der Waals surface area contributed by atoms with Gasteiger partial charge in [0.2, 0.25) is 0 Å². The number of hydrogen-bond acceptors (Lipinski definition) is 2. The van der Waals surface area contributed by atoms with Crippen LogP contribution in [0.3, 0.4) is 0 Å². The van der Waals surface area contributed by atoms with E-state index in [0.717, 1.165) is 0 Å². The van der Waals surface area contributed by atoms with E-state index >= 15 is 0 Å². The Morgan fingerprint density at radius 3 is 2.50 bits per heavy atom. The van der Waals surface area contributed by atoms with E-state index < -0.39 is 11.9 Å². The summed E-state index contributed by atoms with van der Waals surface area (Å²) in [5.74, 6) is -2.04. The molecular weight excluding hydrogens is 106 g/mol. The molecule has 1 N–H and O–H groups in total. The van der Waals surface area contributed by atoms with Crippen LogP contribution in [0.15, 0.2) is 0 Å². The minimum atomic E-state index is -1.09. The van der Waals surface area contributed by atoms with Crippen molar-refractivity contribution in [2.75, 3.05) is 0 Å². The third-order valence-electron chi connectivity index (χ3n) is 0.738. The lowest BCUT2D eigenvalue weighted by Crippen LogP contribution is -2.09. The van der Waals surface area contributed by atoms with Crippen LogP contribution >= 0.6 is 0 Å². The molecule has 0 fully saturated rings. The first kappa shape index (κ1) is 6.96. The lowest BCUT2D eigenvalue weighted by Gasteiger charge is -1.93. The maximum Gasteiger partial charge on any atom is 0.321 e. The van der Waals surface area contributed by atoms with Crippen LogP contribution in [0.25, 0.3) is 0 Å². The molecule has 0 heterocycles. The molecule has 0 amide bonds. The van der Waals surface area contributed by atoms with E-state index in [-0.39, 0.29) is 0 Å². The van der Waals surface area contributed by atoms with Gasteiger partial charge < -0.3 is 5.11 Å². The van der Waals surface area contributed by atoms with Gasteiger partial charge in [-0.1, -0.05) is 6.92 Å². The molecule has 0 saturated heterocycles. The zero-order valence-electron chi connectivity index (χ0n) is 4.46. The zero-order chi connectivity index (χ0) is 6.57. The van der Waals surface area contributed by atoms with Crippen molar-refractivity contribution in [3.05, 3.63) is 6.42 Å². The quantitative estimate of drug-likeness (QED) is 0.563. The number of carbonyl (C=O) groups is 1. The van der Waals surface area contributed by atoms with E-state index in [4.69, 9.17) is 10.4 Å². The first-order chi connectivity index (χ1) is 3.72. The van der Waals surface area contributed by atoms with Gasteiger partial charge in [0.05, 0.1) is 6.07 Å². The van der Waals surface area contributed by atoms with Gasteiger partial charge in [-0.3, -0.25) is 4.79 Å². The molecule has 0 aromatic rings. The summed E-state index contributed by atoms with van der Waals surface area (Å²) in [4.78, 5) is 9.91. The van der Waals surface area contributed by atoms with Gasteiger partial charge in [-0.05, 0) is 6.42 Å². The highest BCUT2D eigenvalue weighted by Crippen LogP contribution is 1.96. The summed E-state index contributed by atoms with van der Waals surface area (Å²) < 4.78 is 0. The Balaban J connectivity index is 3.76. The molecule has 8 heavy (non-hydrogen) atoms. The Bertz CT molecular complexity index is 125. The van der Waals surface area contributed by atoms with Crippen LogP contribution in [-0.4, -0.2) is 11.1 Å². The van der Waals surface area contributed by atoms with Crippen LogP contribution in [0.1, 0.15) is 6.92 Å². The van der Waals surface area contributed by atoms with Crippen LogP contribution in [0.5, 0.6) is 0 Å². The minimum absolute atomic E-state index is 0.949. The van der Waals surface area contributed by atoms with E-state index in [1.165, 1.54) is 6.42 Å². The predicted octanol–water partition coefficient (Wildman–Crippen LogP) is 0.435. The van der Waals surface area contributed by atoms with Crippen LogP contribution in [-0.2, 0) is 4.79 Å². The highest BCUT2D eigenvalue weighted by atomic mass is 16.4. The molecule has 0 bridgehead atoms. The molecular formula is C5H6NO2. The molecule has 0 aliphatic carbocycles. The van der Waals surface area contributed by atoms with Crippen LogP contribution < -0.4 is 0 Å². The summed E-state index contributed by atoms with van der Waals surface area (Å²) in [6.45, 7) is 1.54. The summed E-state index contributed by atoms with van der Waals surface area (Å²) >= 11 is 0. The molecule has 3 heteroatoms. The van der Waals surface area contributed by atoms with Crippen molar-refractivity contribution in [2.24, 2.45) is 5.92 Å². The second-order valence-corrected chi connectivity index (χ2v) is 1.28. The van der Waals surface area contributed by atoms with Gasteiger partial charge in [0.1, 0.15) is 5.92 Å². The fourth-order valence-corrected chi connectivity index (χ4v) is 0.272. The average molecular weight is 112 g/mol. The van der Waals surface area contributed by atoms with Gasteiger partial charge in [0.15, 0.2) is 0 Å². The number of carboxylic acids is 1. The van der Waals surface area contributed by atoms with E-state index in [1.807, 2.05) is 0 Å². The first-order valence-corrected chi connectivity index (χ1v) is 2.14. The van der Waals surface area contributed by atoms with Gasteiger partial charge in [-0.2, -0.15) is 5.26 Å². The van der Waals surface area contributed by atoms with E-state index in [2.05, 4.69) is 0 Å². The number of nitriles is 1. The number of nitrogens with zero attached hydrogens (tertiary/aromatic N) is 1. The molecule has 1 unspecified atom stereocenters.